The molecule has 0 aromatic carbocycles. The minimum atomic E-state index is -2.49. The van der Waals surface area contributed by atoms with Gasteiger partial charge in [-0.2, -0.15) is 5.10 Å². The van der Waals surface area contributed by atoms with Crippen molar-refractivity contribution in [3.8, 4) is 10.7 Å². The summed E-state index contributed by atoms with van der Waals surface area (Å²) in [6.07, 6.45) is 5.38. The number of hydrogen-bond acceptors (Lipinski definition) is 7. The first-order chi connectivity index (χ1) is 18.7. The molecule has 5 heterocycles. The SMILES string of the molecule is Cc1sc(-c2nccc(C3CC3)n2)cc1NC(=O)c1cnn2ccc(N3CC4(C3)CC(O)(CC(F)F)C4)cc12. The molecule has 4 aromatic heterocycles. The monoisotopic (exact) mass is 550 g/mol. The molecule has 1 spiro atoms. The number of halogens is 2. The predicted octanol–water partition coefficient (Wildman–Crippen LogP) is 5.28. The van der Waals surface area contributed by atoms with E-state index in [0.29, 0.717) is 48.8 Å². The molecule has 3 fully saturated rings. The van der Waals surface area contributed by atoms with Crippen LogP contribution in [0.15, 0.2) is 42.9 Å². The Morgan fingerprint density at radius 1 is 1.26 bits per heavy atom. The van der Waals surface area contributed by atoms with Crippen LogP contribution in [0.1, 0.15) is 59.0 Å². The summed E-state index contributed by atoms with van der Waals surface area (Å²) >= 11 is 1.55. The lowest BCUT2D eigenvalue weighted by atomic mass is 9.54. The summed E-state index contributed by atoms with van der Waals surface area (Å²) in [7, 11) is 0. The average molecular weight is 551 g/mol. The van der Waals surface area contributed by atoms with Gasteiger partial charge in [0.2, 0.25) is 6.43 Å². The molecule has 4 aromatic rings. The number of amides is 1. The number of carbonyl (C=O) groups excluding carboxylic acids is 1. The molecule has 0 radical (unpaired) electrons. The topological polar surface area (TPSA) is 95.7 Å². The molecule has 202 valence electrons. The maximum absolute atomic E-state index is 13.3. The van der Waals surface area contributed by atoms with E-state index in [9.17, 15) is 18.7 Å². The molecule has 0 unspecified atom stereocenters. The Balaban J connectivity index is 1.06. The van der Waals surface area contributed by atoms with Crippen molar-refractivity contribution in [3.63, 3.8) is 0 Å². The van der Waals surface area contributed by atoms with E-state index in [4.69, 9.17) is 4.98 Å². The number of rotatable bonds is 7. The summed E-state index contributed by atoms with van der Waals surface area (Å²) in [6, 6.07) is 7.77. The summed E-state index contributed by atoms with van der Waals surface area (Å²) in [6.45, 7) is 3.36. The van der Waals surface area contributed by atoms with Crippen LogP contribution in [0.5, 0.6) is 0 Å². The lowest BCUT2D eigenvalue weighted by Crippen LogP contribution is -2.68. The third-order valence-corrected chi connectivity index (χ3v) is 9.22. The van der Waals surface area contributed by atoms with Crippen LogP contribution >= 0.6 is 11.3 Å². The number of pyridine rings is 1. The van der Waals surface area contributed by atoms with Crippen LogP contribution < -0.4 is 10.2 Å². The molecule has 2 aliphatic carbocycles. The van der Waals surface area contributed by atoms with Crippen molar-refractivity contribution in [2.24, 2.45) is 5.41 Å². The first-order valence-corrected chi connectivity index (χ1v) is 14.0. The summed E-state index contributed by atoms with van der Waals surface area (Å²) in [5.74, 6) is 0.968. The first-order valence-electron chi connectivity index (χ1n) is 13.2. The molecule has 0 bridgehead atoms. The Hall–Kier alpha value is -3.44. The number of hydrogen-bond donors (Lipinski definition) is 2. The molecule has 1 saturated heterocycles. The maximum Gasteiger partial charge on any atom is 0.259 e. The van der Waals surface area contributed by atoms with Gasteiger partial charge in [-0.1, -0.05) is 0 Å². The van der Waals surface area contributed by atoms with Gasteiger partial charge in [0, 0.05) is 59.5 Å². The van der Waals surface area contributed by atoms with Crippen LogP contribution in [-0.2, 0) is 0 Å². The number of anilines is 2. The average Bonchev–Trinajstić information content (AvgIpc) is 3.53. The van der Waals surface area contributed by atoms with Gasteiger partial charge in [-0.3, -0.25) is 4.79 Å². The van der Waals surface area contributed by atoms with Crippen LogP contribution in [0.25, 0.3) is 16.2 Å². The molecule has 1 amide bonds. The molecule has 2 N–H and O–H groups in total. The highest BCUT2D eigenvalue weighted by Gasteiger charge is 2.60. The fourth-order valence-corrected chi connectivity index (χ4v) is 7.21. The van der Waals surface area contributed by atoms with Crippen LogP contribution in [-0.4, -0.2) is 55.7 Å². The molecule has 2 saturated carbocycles. The third-order valence-electron chi connectivity index (χ3n) is 8.17. The van der Waals surface area contributed by atoms with Gasteiger partial charge in [0.05, 0.1) is 33.4 Å². The Morgan fingerprint density at radius 2 is 2.05 bits per heavy atom. The molecular weight excluding hydrogens is 522 g/mol. The smallest absolute Gasteiger partial charge is 0.259 e. The van der Waals surface area contributed by atoms with Gasteiger partial charge in [-0.25, -0.2) is 23.3 Å². The lowest BCUT2D eigenvalue weighted by Gasteiger charge is -2.63. The fourth-order valence-electron chi connectivity index (χ4n) is 6.29. The number of thiophene rings is 1. The maximum atomic E-state index is 13.3. The molecule has 0 atom stereocenters. The number of fused-ring (bicyclic) bond motifs is 1. The fraction of sp³-hybridized carbons (Fsp3) is 0.429. The van der Waals surface area contributed by atoms with Gasteiger partial charge >= 0.3 is 0 Å². The van der Waals surface area contributed by atoms with Gasteiger partial charge in [-0.05, 0) is 56.9 Å². The van der Waals surface area contributed by atoms with Crippen molar-refractivity contribution < 1.29 is 18.7 Å². The molecule has 1 aliphatic heterocycles. The van der Waals surface area contributed by atoms with Crippen molar-refractivity contribution in [1.29, 1.82) is 0 Å². The van der Waals surface area contributed by atoms with E-state index in [-0.39, 0.29) is 11.3 Å². The Morgan fingerprint density at radius 3 is 2.79 bits per heavy atom. The minimum Gasteiger partial charge on any atom is -0.390 e. The number of nitrogens with zero attached hydrogens (tertiary/aromatic N) is 5. The Bertz CT molecular complexity index is 1580. The lowest BCUT2D eigenvalue weighted by molar-refractivity contribution is -0.161. The van der Waals surface area contributed by atoms with Crippen molar-refractivity contribution in [3.05, 3.63) is 59.0 Å². The predicted molar refractivity (Wildman–Crippen MR) is 145 cm³/mol. The van der Waals surface area contributed by atoms with Crippen molar-refractivity contribution in [2.45, 2.75) is 57.0 Å². The number of alkyl halides is 2. The minimum absolute atomic E-state index is 0.105. The van der Waals surface area contributed by atoms with E-state index in [1.807, 2.05) is 37.4 Å². The zero-order valence-electron chi connectivity index (χ0n) is 21.4. The van der Waals surface area contributed by atoms with E-state index in [1.54, 1.807) is 28.2 Å². The van der Waals surface area contributed by atoms with Crippen molar-refractivity contribution in [1.82, 2.24) is 19.6 Å². The zero-order chi connectivity index (χ0) is 26.9. The third kappa shape index (κ3) is 4.47. The van der Waals surface area contributed by atoms with Crippen molar-refractivity contribution >= 4 is 34.1 Å². The summed E-state index contributed by atoms with van der Waals surface area (Å²) < 4.78 is 27.2. The molecule has 7 rings (SSSR count). The molecular formula is C28H28F2N6O2S. The first kappa shape index (κ1) is 24.6. The van der Waals surface area contributed by atoms with Gasteiger partial charge in [0.15, 0.2) is 5.82 Å². The summed E-state index contributed by atoms with van der Waals surface area (Å²) in [4.78, 5) is 26.5. The molecule has 11 heteroatoms. The standard InChI is InChI=1S/C28H28F2N6O2S/c1-16-21(9-23(39-16)25-31-6-4-20(33-25)17-2-3-17)34-26(37)19-11-32-36-7-5-18(8-22(19)36)35-14-27(15-35)12-28(38,13-27)10-24(29)30/h4-9,11,17,24,38H,2-3,10,12-15H2,1H3,(H,34,37). The second kappa shape index (κ2) is 8.79. The summed E-state index contributed by atoms with van der Waals surface area (Å²) in [5.41, 5.74) is 2.53. The van der Waals surface area contributed by atoms with E-state index in [1.165, 1.54) is 12.8 Å². The van der Waals surface area contributed by atoms with Gasteiger partial charge < -0.3 is 15.3 Å². The highest BCUT2D eigenvalue weighted by molar-refractivity contribution is 7.16. The quantitative estimate of drug-likeness (QED) is 0.325. The van der Waals surface area contributed by atoms with E-state index >= 15 is 0 Å². The Kier molecular flexibility index (Phi) is 5.54. The van der Waals surface area contributed by atoms with Gasteiger partial charge in [0.25, 0.3) is 5.91 Å². The largest absolute Gasteiger partial charge is 0.390 e. The number of aliphatic hydroxyl groups is 1. The summed E-state index contributed by atoms with van der Waals surface area (Å²) in [5, 5.41) is 17.7. The van der Waals surface area contributed by atoms with Crippen LogP contribution in [0.3, 0.4) is 0 Å². The second-order valence-electron chi connectivity index (χ2n) is 11.4. The van der Waals surface area contributed by atoms with Gasteiger partial charge in [0.1, 0.15) is 0 Å². The zero-order valence-corrected chi connectivity index (χ0v) is 22.2. The van der Waals surface area contributed by atoms with Crippen LogP contribution in [0, 0.1) is 12.3 Å². The molecule has 3 aliphatic rings. The van der Waals surface area contributed by atoms with E-state index in [2.05, 4.69) is 20.3 Å². The van der Waals surface area contributed by atoms with E-state index < -0.39 is 18.4 Å². The molecule has 39 heavy (non-hydrogen) atoms. The number of aromatic nitrogens is 4. The van der Waals surface area contributed by atoms with Crippen molar-refractivity contribution in [2.75, 3.05) is 23.3 Å². The van der Waals surface area contributed by atoms with E-state index in [0.717, 1.165) is 26.8 Å². The highest BCUT2D eigenvalue weighted by Crippen LogP contribution is 2.56. The van der Waals surface area contributed by atoms with Gasteiger partial charge in [-0.15, -0.1) is 11.3 Å². The number of aryl methyl sites for hydroxylation is 1. The van der Waals surface area contributed by atoms with Crippen LogP contribution in [0.4, 0.5) is 20.2 Å². The normalized spacial score (nSPS) is 19.4. The number of nitrogens with one attached hydrogen (secondary N) is 1. The molecule has 8 nitrogen and oxygen atoms in total. The second-order valence-corrected chi connectivity index (χ2v) is 12.7. The highest BCUT2D eigenvalue weighted by atomic mass is 32.1. The Labute approximate surface area is 227 Å². The number of carbonyl (C=O) groups is 1. The van der Waals surface area contributed by atoms with Crippen LogP contribution in [0.2, 0.25) is 0 Å².